The topological polar surface area (TPSA) is 66.0 Å². The summed E-state index contributed by atoms with van der Waals surface area (Å²) in [5.74, 6) is 1.92. The van der Waals surface area contributed by atoms with E-state index >= 15 is 0 Å². The molecule has 6 heteroatoms. The minimum atomic E-state index is -0.656. The molecule has 0 aromatic heterocycles. The maximum atomic E-state index is 12.5. The molecule has 0 aliphatic heterocycles. The molecular weight excluding hydrogens is 370 g/mol. The zero-order valence-corrected chi connectivity index (χ0v) is 17.6. The molecule has 2 rings (SSSR count). The van der Waals surface area contributed by atoms with E-state index in [9.17, 15) is 4.79 Å². The summed E-state index contributed by atoms with van der Waals surface area (Å²) in [4.78, 5) is 12.5. The van der Waals surface area contributed by atoms with Crippen LogP contribution in [0.15, 0.2) is 48.5 Å². The molecule has 1 amide bonds. The Morgan fingerprint density at radius 2 is 1.83 bits per heavy atom. The Morgan fingerprint density at radius 1 is 1.07 bits per heavy atom. The summed E-state index contributed by atoms with van der Waals surface area (Å²) in [6.45, 7) is 6.89. The fraction of sp³-hybridized carbons (Fsp3) is 0.435. The highest BCUT2D eigenvalue weighted by atomic mass is 16.5. The summed E-state index contributed by atoms with van der Waals surface area (Å²) in [5.41, 5.74) is 1.05. The number of hydrogen-bond acceptors (Lipinski definition) is 5. The van der Waals surface area contributed by atoms with Gasteiger partial charge < -0.3 is 24.3 Å². The van der Waals surface area contributed by atoms with Gasteiger partial charge in [0.25, 0.3) is 5.91 Å². The summed E-state index contributed by atoms with van der Waals surface area (Å²) >= 11 is 0. The van der Waals surface area contributed by atoms with Crippen LogP contribution in [0, 0.1) is 0 Å². The van der Waals surface area contributed by atoms with Gasteiger partial charge in [-0.2, -0.15) is 0 Å². The molecule has 0 unspecified atom stereocenters. The van der Waals surface area contributed by atoms with Crippen molar-refractivity contribution in [2.24, 2.45) is 0 Å². The fourth-order valence-corrected chi connectivity index (χ4v) is 2.75. The number of hydrogen-bond donors (Lipinski definition) is 1. The molecule has 0 fully saturated rings. The molecule has 0 saturated heterocycles. The first-order valence-corrected chi connectivity index (χ1v) is 9.94. The zero-order valence-electron chi connectivity index (χ0n) is 17.6. The standard InChI is InChI=1S/C23H31NO5/c1-5-27-22(16-28-19-9-7-6-8-10-19)23(25)24-14-13-18-11-12-20(29-17(2)3)21(15-18)26-4/h6-12,15,17,22H,5,13-14,16H2,1-4H3,(H,24,25)/t22-/m1/s1. The highest BCUT2D eigenvalue weighted by molar-refractivity contribution is 5.81. The number of carbonyl (C=O) groups is 1. The first-order chi connectivity index (χ1) is 14.0. The van der Waals surface area contributed by atoms with Crippen molar-refractivity contribution in [2.45, 2.75) is 39.4 Å². The first kappa shape index (κ1) is 22.6. The lowest BCUT2D eigenvalue weighted by Gasteiger charge is -2.18. The number of ether oxygens (including phenoxy) is 4. The van der Waals surface area contributed by atoms with Crippen molar-refractivity contribution >= 4 is 5.91 Å². The quantitative estimate of drug-likeness (QED) is 0.588. The first-order valence-electron chi connectivity index (χ1n) is 9.94. The van der Waals surface area contributed by atoms with Gasteiger partial charge in [-0.3, -0.25) is 4.79 Å². The second-order valence-corrected chi connectivity index (χ2v) is 6.76. The third-order valence-corrected chi connectivity index (χ3v) is 4.11. The summed E-state index contributed by atoms with van der Waals surface area (Å²) < 4.78 is 22.3. The van der Waals surface area contributed by atoms with Crippen molar-refractivity contribution in [1.82, 2.24) is 5.32 Å². The molecule has 0 aliphatic carbocycles. The molecule has 2 aromatic rings. The highest BCUT2D eigenvalue weighted by Gasteiger charge is 2.19. The third-order valence-electron chi connectivity index (χ3n) is 4.11. The van der Waals surface area contributed by atoms with Crippen LogP contribution in [0.3, 0.4) is 0 Å². The molecule has 0 radical (unpaired) electrons. The summed E-state index contributed by atoms with van der Waals surface area (Å²) in [7, 11) is 1.62. The largest absolute Gasteiger partial charge is 0.493 e. The van der Waals surface area contributed by atoms with Crippen LogP contribution in [-0.4, -0.2) is 45.0 Å². The Hall–Kier alpha value is -2.73. The van der Waals surface area contributed by atoms with Crippen LogP contribution in [0.5, 0.6) is 17.2 Å². The average molecular weight is 402 g/mol. The minimum Gasteiger partial charge on any atom is -0.493 e. The van der Waals surface area contributed by atoms with Gasteiger partial charge in [-0.15, -0.1) is 0 Å². The smallest absolute Gasteiger partial charge is 0.252 e. The van der Waals surface area contributed by atoms with Gasteiger partial charge in [-0.05, 0) is 57.0 Å². The van der Waals surface area contributed by atoms with Gasteiger partial charge in [-0.1, -0.05) is 24.3 Å². The molecule has 0 bridgehead atoms. The van der Waals surface area contributed by atoms with Crippen molar-refractivity contribution in [3.63, 3.8) is 0 Å². The van der Waals surface area contributed by atoms with Crippen LogP contribution in [-0.2, 0) is 16.0 Å². The predicted molar refractivity (Wildman–Crippen MR) is 113 cm³/mol. The van der Waals surface area contributed by atoms with E-state index in [1.807, 2.05) is 69.3 Å². The van der Waals surface area contributed by atoms with Crippen LogP contribution >= 0.6 is 0 Å². The molecule has 2 aromatic carbocycles. The van der Waals surface area contributed by atoms with E-state index in [0.717, 1.165) is 5.56 Å². The Kier molecular flexibility index (Phi) is 9.31. The summed E-state index contributed by atoms with van der Waals surface area (Å²) in [6.07, 6.45) is 0.0850. The summed E-state index contributed by atoms with van der Waals surface area (Å²) in [5, 5.41) is 2.92. The number of benzene rings is 2. The van der Waals surface area contributed by atoms with E-state index in [-0.39, 0.29) is 18.6 Å². The molecule has 0 spiro atoms. The van der Waals surface area contributed by atoms with Crippen molar-refractivity contribution in [3.8, 4) is 17.2 Å². The van der Waals surface area contributed by atoms with Crippen LogP contribution in [0.2, 0.25) is 0 Å². The van der Waals surface area contributed by atoms with Gasteiger partial charge in [0.1, 0.15) is 12.4 Å². The van der Waals surface area contributed by atoms with E-state index in [0.29, 0.717) is 36.8 Å². The van der Waals surface area contributed by atoms with Crippen molar-refractivity contribution in [1.29, 1.82) is 0 Å². The van der Waals surface area contributed by atoms with Gasteiger partial charge in [0.2, 0.25) is 0 Å². The lowest BCUT2D eigenvalue weighted by atomic mass is 10.1. The Morgan fingerprint density at radius 3 is 2.48 bits per heavy atom. The van der Waals surface area contributed by atoms with E-state index in [2.05, 4.69) is 5.32 Å². The fourth-order valence-electron chi connectivity index (χ4n) is 2.75. The van der Waals surface area contributed by atoms with Gasteiger partial charge >= 0.3 is 0 Å². The molecular formula is C23H31NO5. The molecule has 29 heavy (non-hydrogen) atoms. The van der Waals surface area contributed by atoms with Gasteiger partial charge in [0, 0.05) is 13.2 Å². The van der Waals surface area contributed by atoms with E-state index in [1.54, 1.807) is 7.11 Å². The van der Waals surface area contributed by atoms with Crippen LogP contribution in [0.4, 0.5) is 0 Å². The SMILES string of the molecule is CCO[C@H](COc1ccccc1)C(=O)NCCc1ccc(OC(C)C)c(OC)c1. The Labute approximate surface area is 173 Å². The number of carbonyl (C=O) groups excluding carboxylic acids is 1. The van der Waals surface area contributed by atoms with Crippen LogP contribution < -0.4 is 19.5 Å². The van der Waals surface area contributed by atoms with Crippen molar-refractivity contribution in [3.05, 3.63) is 54.1 Å². The van der Waals surface area contributed by atoms with Gasteiger partial charge in [0.05, 0.1) is 13.2 Å². The van der Waals surface area contributed by atoms with Gasteiger partial charge in [0.15, 0.2) is 17.6 Å². The second kappa shape index (κ2) is 12.0. The molecule has 1 N–H and O–H groups in total. The Bertz CT molecular complexity index is 748. The maximum Gasteiger partial charge on any atom is 0.252 e. The number of para-hydroxylation sites is 1. The summed E-state index contributed by atoms with van der Waals surface area (Å²) in [6, 6.07) is 15.2. The van der Waals surface area contributed by atoms with Crippen molar-refractivity contribution < 1.29 is 23.7 Å². The number of nitrogens with one attached hydrogen (secondary N) is 1. The lowest BCUT2D eigenvalue weighted by Crippen LogP contribution is -2.41. The van der Waals surface area contributed by atoms with Crippen LogP contribution in [0.25, 0.3) is 0 Å². The van der Waals surface area contributed by atoms with E-state index < -0.39 is 6.10 Å². The number of amides is 1. The molecule has 0 aliphatic rings. The number of rotatable bonds is 12. The predicted octanol–water partition coefficient (Wildman–Crippen LogP) is 3.63. The van der Waals surface area contributed by atoms with Crippen molar-refractivity contribution in [2.75, 3.05) is 26.9 Å². The van der Waals surface area contributed by atoms with Gasteiger partial charge in [-0.25, -0.2) is 0 Å². The molecule has 0 heterocycles. The van der Waals surface area contributed by atoms with E-state index in [4.69, 9.17) is 18.9 Å². The molecule has 0 saturated carbocycles. The monoisotopic (exact) mass is 401 g/mol. The zero-order chi connectivity index (χ0) is 21.1. The molecule has 158 valence electrons. The lowest BCUT2D eigenvalue weighted by molar-refractivity contribution is -0.134. The second-order valence-electron chi connectivity index (χ2n) is 6.76. The minimum absolute atomic E-state index is 0.0719. The molecule has 6 nitrogen and oxygen atoms in total. The maximum absolute atomic E-state index is 12.5. The average Bonchev–Trinajstić information content (AvgIpc) is 2.72. The van der Waals surface area contributed by atoms with E-state index in [1.165, 1.54) is 0 Å². The Balaban J connectivity index is 1.86. The normalized spacial score (nSPS) is 11.8. The third kappa shape index (κ3) is 7.66. The highest BCUT2D eigenvalue weighted by Crippen LogP contribution is 2.29. The number of methoxy groups -OCH3 is 1. The molecule has 1 atom stereocenters. The van der Waals surface area contributed by atoms with Crippen LogP contribution in [0.1, 0.15) is 26.3 Å².